The molecule has 0 fully saturated rings. The van der Waals surface area contributed by atoms with Crippen LogP contribution in [0.1, 0.15) is 41.0 Å². The van der Waals surface area contributed by atoms with E-state index in [2.05, 4.69) is 21.4 Å². The molecule has 0 radical (unpaired) electrons. The summed E-state index contributed by atoms with van der Waals surface area (Å²) in [5.74, 6) is 0.849. The number of nitrogens with zero attached hydrogens (tertiary/aromatic N) is 3. The van der Waals surface area contributed by atoms with Crippen molar-refractivity contribution in [3.8, 4) is 6.07 Å². The van der Waals surface area contributed by atoms with Crippen LogP contribution < -0.4 is 10.6 Å². The van der Waals surface area contributed by atoms with Crippen molar-refractivity contribution in [3.63, 3.8) is 0 Å². The number of aromatic nitrogens is 2. The second kappa shape index (κ2) is 7.97. The van der Waals surface area contributed by atoms with Crippen molar-refractivity contribution in [2.45, 2.75) is 33.0 Å². The highest BCUT2D eigenvalue weighted by atomic mass is 31.2. The molecule has 3 rings (SSSR count). The van der Waals surface area contributed by atoms with Gasteiger partial charge in [0, 0.05) is 10.7 Å². The number of halogens is 3. The molecule has 31 heavy (non-hydrogen) atoms. The predicted molar refractivity (Wildman–Crippen MR) is 116 cm³/mol. The zero-order valence-corrected chi connectivity index (χ0v) is 18.7. The summed E-state index contributed by atoms with van der Waals surface area (Å²) in [6.45, 7) is 8.04. The second-order valence-corrected chi connectivity index (χ2v) is 11.0. The first kappa shape index (κ1) is 22.8. The Bertz CT molecular complexity index is 1260. The van der Waals surface area contributed by atoms with Gasteiger partial charge in [-0.2, -0.15) is 18.4 Å². The fourth-order valence-corrected chi connectivity index (χ4v) is 4.77. The first-order valence-corrected chi connectivity index (χ1v) is 12.1. The summed E-state index contributed by atoms with van der Waals surface area (Å²) in [5, 5.41) is 13.6. The fourth-order valence-electron chi connectivity index (χ4n) is 3.64. The van der Waals surface area contributed by atoms with Gasteiger partial charge in [0.1, 0.15) is 18.8 Å². The van der Waals surface area contributed by atoms with Gasteiger partial charge >= 0.3 is 6.18 Å². The van der Waals surface area contributed by atoms with E-state index in [-0.39, 0.29) is 11.1 Å². The van der Waals surface area contributed by atoms with E-state index in [0.29, 0.717) is 33.4 Å². The van der Waals surface area contributed by atoms with Crippen LogP contribution in [0.2, 0.25) is 0 Å². The van der Waals surface area contributed by atoms with Crippen molar-refractivity contribution in [2.75, 3.05) is 18.6 Å². The van der Waals surface area contributed by atoms with Gasteiger partial charge in [0.2, 0.25) is 0 Å². The molecule has 0 aliphatic rings. The maximum absolute atomic E-state index is 13.3. The zero-order valence-electron chi connectivity index (χ0n) is 17.8. The van der Waals surface area contributed by atoms with Crippen LogP contribution >= 0.6 is 7.14 Å². The first-order valence-electron chi connectivity index (χ1n) is 9.54. The Morgan fingerprint density at radius 2 is 1.84 bits per heavy atom. The lowest BCUT2D eigenvalue weighted by atomic mass is 9.97. The van der Waals surface area contributed by atoms with Gasteiger partial charge in [0.05, 0.1) is 28.8 Å². The van der Waals surface area contributed by atoms with Gasteiger partial charge < -0.3 is 9.88 Å². The van der Waals surface area contributed by atoms with Crippen LogP contribution in [0, 0.1) is 25.2 Å². The smallest absolute Gasteiger partial charge is 0.363 e. The Labute approximate surface area is 178 Å². The van der Waals surface area contributed by atoms with Crippen molar-refractivity contribution in [2.24, 2.45) is 0 Å². The van der Waals surface area contributed by atoms with Crippen LogP contribution in [-0.2, 0) is 10.7 Å². The minimum atomic E-state index is -4.44. The summed E-state index contributed by atoms with van der Waals surface area (Å²) in [6.07, 6.45) is -4.44. The standard InChI is InChI=1S/C22H22F3N4OP/c1-12-16(7-6-8-18(12)22(23,24)25)13(2)27-21-17-10-20(31(4,5)30)15(11-26)9-19(17)28-14(3)29-21/h6-10,13H,1-5H3,(H,27,28,29). The lowest BCUT2D eigenvalue weighted by Crippen LogP contribution is -2.15. The molecule has 1 aromatic heterocycles. The van der Waals surface area contributed by atoms with Gasteiger partial charge in [-0.1, -0.05) is 12.1 Å². The van der Waals surface area contributed by atoms with Gasteiger partial charge in [-0.15, -0.1) is 0 Å². The summed E-state index contributed by atoms with van der Waals surface area (Å²) in [6, 6.07) is 8.88. The van der Waals surface area contributed by atoms with Crippen molar-refractivity contribution < 1.29 is 17.7 Å². The van der Waals surface area contributed by atoms with E-state index in [9.17, 15) is 23.0 Å². The highest BCUT2D eigenvalue weighted by Gasteiger charge is 2.33. The summed E-state index contributed by atoms with van der Waals surface area (Å²) in [4.78, 5) is 8.80. The van der Waals surface area contributed by atoms with Crippen molar-refractivity contribution >= 4 is 29.2 Å². The van der Waals surface area contributed by atoms with Crippen LogP contribution in [0.4, 0.5) is 19.0 Å². The number of nitriles is 1. The lowest BCUT2D eigenvalue weighted by molar-refractivity contribution is -0.138. The Morgan fingerprint density at radius 3 is 2.42 bits per heavy atom. The molecular weight excluding hydrogens is 424 g/mol. The largest absolute Gasteiger partial charge is 0.416 e. The molecule has 0 saturated carbocycles. The van der Waals surface area contributed by atoms with Crippen molar-refractivity contribution in [1.29, 1.82) is 5.26 Å². The van der Waals surface area contributed by atoms with Gasteiger partial charge in [-0.25, -0.2) is 9.97 Å². The van der Waals surface area contributed by atoms with Crippen LogP contribution in [0.15, 0.2) is 30.3 Å². The third-order valence-corrected chi connectivity index (χ3v) is 6.66. The molecule has 1 heterocycles. The molecule has 0 saturated heterocycles. The molecule has 3 aromatic rings. The molecule has 0 amide bonds. The van der Waals surface area contributed by atoms with E-state index < -0.39 is 24.9 Å². The first-order chi connectivity index (χ1) is 14.3. The van der Waals surface area contributed by atoms with Gasteiger partial charge in [0.15, 0.2) is 0 Å². The number of fused-ring (bicyclic) bond motifs is 1. The van der Waals surface area contributed by atoms with Gasteiger partial charge in [-0.05, 0) is 63.4 Å². The van der Waals surface area contributed by atoms with Crippen LogP contribution in [0.3, 0.4) is 0 Å². The highest BCUT2D eigenvalue weighted by molar-refractivity contribution is 7.70. The number of benzene rings is 2. The fraction of sp³-hybridized carbons (Fsp3) is 0.318. The molecule has 162 valence electrons. The van der Waals surface area contributed by atoms with Crippen molar-refractivity contribution in [1.82, 2.24) is 9.97 Å². The maximum Gasteiger partial charge on any atom is 0.416 e. The van der Waals surface area contributed by atoms with Crippen LogP contribution in [-0.4, -0.2) is 23.3 Å². The van der Waals surface area contributed by atoms with Gasteiger partial charge in [-0.3, -0.25) is 0 Å². The Morgan fingerprint density at radius 1 is 1.16 bits per heavy atom. The summed E-state index contributed by atoms with van der Waals surface area (Å²) < 4.78 is 52.7. The average Bonchev–Trinajstić information content (AvgIpc) is 2.65. The minimum Gasteiger partial charge on any atom is -0.363 e. The quantitative estimate of drug-likeness (QED) is 0.531. The number of nitrogens with one attached hydrogen (secondary N) is 1. The van der Waals surface area contributed by atoms with E-state index in [1.54, 1.807) is 45.4 Å². The third kappa shape index (κ3) is 4.57. The SMILES string of the molecule is Cc1nc(NC(C)c2cccc(C(F)(F)F)c2C)c2cc(P(C)(C)=O)c(C#N)cc2n1. The summed E-state index contributed by atoms with van der Waals surface area (Å²) in [5.41, 5.74) is 0.735. The minimum absolute atomic E-state index is 0.143. The molecule has 1 N–H and O–H groups in total. The molecule has 0 bridgehead atoms. The number of hydrogen-bond acceptors (Lipinski definition) is 5. The molecule has 1 atom stereocenters. The maximum atomic E-state index is 13.3. The number of anilines is 1. The number of alkyl halides is 3. The molecular formula is C22H22F3N4OP. The molecule has 1 unspecified atom stereocenters. The topological polar surface area (TPSA) is 78.7 Å². The summed E-state index contributed by atoms with van der Waals surface area (Å²) >= 11 is 0. The molecule has 5 nitrogen and oxygen atoms in total. The predicted octanol–water partition coefficient (Wildman–Crippen LogP) is 5.56. The van der Waals surface area contributed by atoms with Crippen LogP contribution in [0.25, 0.3) is 10.9 Å². The molecule has 0 aliphatic heterocycles. The normalized spacial score (nSPS) is 13.1. The molecule has 0 spiro atoms. The second-order valence-electron chi connectivity index (χ2n) is 7.85. The van der Waals surface area contributed by atoms with E-state index in [1.807, 2.05) is 0 Å². The monoisotopic (exact) mass is 446 g/mol. The number of aryl methyl sites for hydroxylation is 1. The van der Waals surface area contributed by atoms with E-state index in [0.717, 1.165) is 6.07 Å². The van der Waals surface area contributed by atoms with E-state index in [4.69, 9.17) is 0 Å². The zero-order chi connectivity index (χ0) is 23.1. The third-order valence-electron chi connectivity index (χ3n) is 5.13. The average molecular weight is 446 g/mol. The van der Waals surface area contributed by atoms with E-state index in [1.165, 1.54) is 13.0 Å². The van der Waals surface area contributed by atoms with Crippen molar-refractivity contribution in [3.05, 3.63) is 58.4 Å². The summed E-state index contributed by atoms with van der Waals surface area (Å²) in [7, 11) is -2.76. The van der Waals surface area contributed by atoms with Crippen LogP contribution in [0.5, 0.6) is 0 Å². The number of rotatable bonds is 4. The lowest BCUT2D eigenvalue weighted by Gasteiger charge is -2.21. The Balaban J connectivity index is 2.14. The Hall–Kier alpha value is -2.91. The highest BCUT2D eigenvalue weighted by Crippen LogP contribution is 2.39. The molecule has 2 aromatic carbocycles. The number of hydrogen-bond donors (Lipinski definition) is 1. The molecule has 9 heteroatoms. The van der Waals surface area contributed by atoms with E-state index >= 15 is 0 Å². The Kier molecular flexibility index (Phi) is 5.86. The molecule has 0 aliphatic carbocycles. The van der Waals surface area contributed by atoms with Gasteiger partial charge in [0.25, 0.3) is 0 Å².